The number of esters is 1. The summed E-state index contributed by atoms with van der Waals surface area (Å²) in [5, 5.41) is 10.7. The standard InChI is InChI=1S/C52H71N9O6S/c1-10-58-41-18-17-34-23-37(41)38(47(58)36-13-11-20-53-45(36)32(4)66-9)25-52(5,6)30-67-50(64)42-14-12-21-60(61(42)26-33-15-16-33)49(63)39(24-44-54-40(34)29-68-44)55-48(62)46(31(2)3)57(8)51(65)59-22-19-35-27-56(7)28-43(35)59/h11,13,17-18,20,23,29,31-33,35,39,42-43,46H,10,12,14-16,19,21-22,24-28,30H2,1-9H3,(H,55,62)/t32-,35-,39-,42-,43+,46-/m0/s1. The highest BCUT2D eigenvalue weighted by Crippen LogP contribution is 2.42. The molecule has 68 heavy (non-hydrogen) atoms. The molecular weight excluding hydrogens is 879 g/mol. The lowest BCUT2D eigenvalue weighted by Gasteiger charge is -2.44. The summed E-state index contributed by atoms with van der Waals surface area (Å²) in [5.41, 5.74) is 6.35. The number of carbonyl (C=O) groups excluding carboxylic acids is 4. The Morgan fingerprint density at radius 3 is 2.60 bits per heavy atom. The summed E-state index contributed by atoms with van der Waals surface area (Å²) in [7, 11) is 5.51. The van der Waals surface area contributed by atoms with Gasteiger partial charge in [0.1, 0.15) is 18.1 Å². The first-order valence-electron chi connectivity index (χ1n) is 24.9. The van der Waals surface area contributed by atoms with E-state index in [0.29, 0.717) is 62.3 Å². The smallest absolute Gasteiger partial charge is 0.325 e. The number of pyridine rings is 1. The van der Waals surface area contributed by atoms with Gasteiger partial charge in [0, 0.05) is 98.9 Å². The Bertz CT molecular complexity index is 2530. The molecule has 4 aromatic rings. The summed E-state index contributed by atoms with van der Waals surface area (Å²) in [4.78, 5) is 74.7. The minimum atomic E-state index is -1.02. The third kappa shape index (κ3) is 9.42. The molecule has 1 N–H and O–H groups in total. The number of nitrogens with zero attached hydrogens (tertiary/aromatic N) is 8. The van der Waals surface area contributed by atoms with Crippen molar-refractivity contribution < 1.29 is 28.7 Å². The Balaban J connectivity index is 1.11. The lowest BCUT2D eigenvalue weighted by molar-refractivity contribution is -0.179. The Kier molecular flexibility index (Phi) is 13.8. The van der Waals surface area contributed by atoms with Crippen LogP contribution in [0.15, 0.2) is 41.9 Å². The van der Waals surface area contributed by atoms with Crippen molar-refractivity contribution in [3.8, 4) is 22.5 Å². The highest BCUT2D eigenvalue weighted by molar-refractivity contribution is 7.10. The van der Waals surface area contributed by atoms with Crippen molar-refractivity contribution in [2.24, 2.45) is 23.2 Å². The largest absolute Gasteiger partial charge is 0.464 e. The van der Waals surface area contributed by atoms with Crippen LogP contribution in [0, 0.1) is 23.2 Å². The predicted octanol–water partition coefficient (Wildman–Crippen LogP) is 7.04. The lowest BCUT2D eigenvalue weighted by Crippen LogP contribution is -2.64. The van der Waals surface area contributed by atoms with Gasteiger partial charge in [0.2, 0.25) is 5.91 Å². The summed E-state index contributed by atoms with van der Waals surface area (Å²) in [5.74, 6) is -0.483. The van der Waals surface area contributed by atoms with E-state index in [4.69, 9.17) is 19.4 Å². The topological polar surface area (TPSA) is 146 Å². The molecule has 9 rings (SSSR count). The Morgan fingerprint density at radius 1 is 1.07 bits per heavy atom. The zero-order valence-electron chi connectivity index (χ0n) is 41.5. The van der Waals surface area contributed by atoms with E-state index in [0.717, 1.165) is 77.0 Å². The van der Waals surface area contributed by atoms with Crippen LogP contribution in [0.5, 0.6) is 0 Å². The van der Waals surface area contributed by atoms with E-state index >= 15 is 4.79 Å². The van der Waals surface area contributed by atoms with Gasteiger partial charge in [0.05, 0.1) is 40.8 Å². The number of nitrogens with one attached hydrogen (secondary N) is 1. The number of benzene rings is 1. The summed E-state index contributed by atoms with van der Waals surface area (Å²) < 4.78 is 14.6. The average Bonchev–Trinajstić information content (AvgIpc) is 3.56. The number of aromatic nitrogens is 3. The van der Waals surface area contributed by atoms with Crippen LogP contribution < -0.4 is 5.32 Å². The number of likely N-dealkylation sites (N-methyl/N-ethyl adjacent to an activating group) is 2. The molecule has 6 bridgehead atoms. The average molecular weight is 950 g/mol. The number of cyclic esters (lactones) is 1. The van der Waals surface area contributed by atoms with Gasteiger partial charge in [0.15, 0.2) is 0 Å². The minimum absolute atomic E-state index is 0.121. The highest BCUT2D eigenvalue weighted by atomic mass is 32.1. The van der Waals surface area contributed by atoms with E-state index in [2.05, 4.69) is 66.9 Å². The van der Waals surface area contributed by atoms with Crippen LogP contribution in [-0.4, -0.2) is 148 Å². The van der Waals surface area contributed by atoms with Crippen molar-refractivity contribution >= 4 is 46.1 Å². The molecule has 0 unspecified atom stereocenters. The first kappa shape index (κ1) is 48.1. The third-order valence-corrected chi connectivity index (χ3v) is 16.1. The van der Waals surface area contributed by atoms with E-state index in [1.54, 1.807) is 24.1 Å². The molecule has 366 valence electrons. The molecule has 4 amide bonds. The first-order valence-corrected chi connectivity index (χ1v) is 25.8. The number of rotatable bonds is 10. The molecule has 4 fully saturated rings. The Hall–Kier alpha value is -4.90. The molecular formula is C52H71N9O6S. The third-order valence-electron chi connectivity index (χ3n) is 15.2. The van der Waals surface area contributed by atoms with Crippen LogP contribution >= 0.6 is 11.3 Å². The van der Waals surface area contributed by atoms with Crippen molar-refractivity contribution in [2.75, 3.05) is 60.5 Å². The fraction of sp³-hybridized carbons (Fsp3) is 0.615. The molecule has 1 aromatic carbocycles. The molecule has 4 aliphatic heterocycles. The van der Waals surface area contributed by atoms with E-state index in [1.807, 2.05) is 48.3 Å². The number of urea groups is 1. The minimum Gasteiger partial charge on any atom is -0.464 e. The van der Waals surface area contributed by atoms with Crippen molar-refractivity contribution in [3.05, 3.63) is 58.2 Å². The highest BCUT2D eigenvalue weighted by Gasteiger charge is 2.47. The first-order chi connectivity index (χ1) is 32.6. The zero-order chi connectivity index (χ0) is 48.2. The van der Waals surface area contributed by atoms with Crippen LogP contribution in [0.3, 0.4) is 0 Å². The van der Waals surface area contributed by atoms with E-state index in [9.17, 15) is 14.4 Å². The van der Waals surface area contributed by atoms with Crippen LogP contribution in [-0.2, 0) is 43.2 Å². The quantitative estimate of drug-likeness (QED) is 0.165. The van der Waals surface area contributed by atoms with E-state index in [-0.39, 0.29) is 54.9 Å². The maximum atomic E-state index is 15.3. The summed E-state index contributed by atoms with van der Waals surface area (Å²) in [6, 6.07) is 8.03. The van der Waals surface area contributed by atoms with Crippen molar-refractivity contribution in [1.82, 2.24) is 44.6 Å². The number of aryl methyl sites for hydroxylation is 1. The zero-order valence-corrected chi connectivity index (χ0v) is 42.3. The lowest BCUT2D eigenvalue weighted by atomic mass is 9.84. The predicted molar refractivity (Wildman–Crippen MR) is 264 cm³/mol. The molecule has 1 saturated carbocycles. The van der Waals surface area contributed by atoms with Gasteiger partial charge in [-0.15, -0.1) is 11.3 Å². The van der Waals surface area contributed by atoms with Gasteiger partial charge < -0.3 is 34.1 Å². The second-order valence-corrected chi connectivity index (χ2v) is 22.2. The fourth-order valence-electron chi connectivity index (χ4n) is 11.5. The van der Waals surface area contributed by atoms with Crippen LogP contribution in [0.2, 0.25) is 0 Å². The van der Waals surface area contributed by atoms with Crippen molar-refractivity contribution in [2.45, 2.75) is 123 Å². The van der Waals surface area contributed by atoms with Gasteiger partial charge in [-0.3, -0.25) is 24.4 Å². The van der Waals surface area contributed by atoms with Crippen LogP contribution in [0.1, 0.15) is 96.0 Å². The number of ether oxygens (including phenoxy) is 2. The molecule has 3 aromatic heterocycles. The number of likely N-dealkylation sites (tertiary alicyclic amines) is 2. The van der Waals surface area contributed by atoms with E-state index in [1.165, 1.54) is 11.3 Å². The SMILES string of the molecule is CCn1c(-c2cccnc2[C@H](C)OC)c2c3cc(ccc31)-c1csc(n1)C[C@H](NC(=O)[C@H](C(C)C)N(C)C(=O)N1CC[C@H]3CN(C)C[C@H]31)C(=O)N1CCC[C@@H](C(=O)OCC(C)(C)C2)N1CC1CC1. The van der Waals surface area contributed by atoms with Gasteiger partial charge in [-0.2, -0.15) is 0 Å². The molecule has 0 radical (unpaired) electrons. The van der Waals surface area contributed by atoms with Gasteiger partial charge in [-0.05, 0) is 107 Å². The molecule has 16 heteroatoms. The normalized spacial score (nSPS) is 24.5. The molecule has 6 atom stereocenters. The van der Waals surface area contributed by atoms with Crippen LogP contribution in [0.4, 0.5) is 4.79 Å². The number of thiazole rings is 1. The molecule has 7 heterocycles. The molecule has 15 nitrogen and oxygen atoms in total. The Morgan fingerprint density at radius 2 is 1.87 bits per heavy atom. The van der Waals surface area contributed by atoms with Crippen molar-refractivity contribution in [1.29, 1.82) is 0 Å². The second-order valence-electron chi connectivity index (χ2n) is 21.3. The maximum Gasteiger partial charge on any atom is 0.325 e. The van der Waals surface area contributed by atoms with Gasteiger partial charge in [-0.25, -0.2) is 14.8 Å². The Labute approximate surface area is 405 Å². The summed E-state index contributed by atoms with van der Waals surface area (Å²) >= 11 is 1.47. The number of carbonyl (C=O) groups is 4. The molecule has 3 saturated heterocycles. The fourth-order valence-corrected chi connectivity index (χ4v) is 12.3. The molecule has 1 aliphatic carbocycles. The van der Waals surface area contributed by atoms with Gasteiger partial charge in [0.25, 0.3) is 5.91 Å². The summed E-state index contributed by atoms with van der Waals surface area (Å²) in [6.45, 7) is 16.6. The summed E-state index contributed by atoms with van der Waals surface area (Å²) in [6.07, 6.45) is 6.47. The molecule has 0 spiro atoms. The van der Waals surface area contributed by atoms with E-state index < -0.39 is 23.5 Å². The van der Waals surface area contributed by atoms with Gasteiger partial charge >= 0.3 is 12.0 Å². The number of methoxy groups -OCH3 is 1. The van der Waals surface area contributed by atoms with Crippen molar-refractivity contribution in [3.63, 3.8) is 0 Å². The van der Waals surface area contributed by atoms with Crippen LogP contribution in [0.25, 0.3) is 33.4 Å². The van der Waals surface area contributed by atoms with Gasteiger partial charge in [-0.1, -0.05) is 33.8 Å². The number of hydrogen-bond donors (Lipinski definition) is 1. The molecule has 5 aliphatic rings. The second kappa shape index (κ2) is 19.5. The monoisotopic (exact) mass is 950 g/mol. The number of hydrazine groups is 1. The number of amides is 4. The maximum absolute atomic E-state index is 15.3. The number of fused-ring (bicyclic) bond motifs is 7. The number of hydrogen-bond acceptors (Lipinski definition) is 11.